The van der Waals surface area contributed by atoms with Gasteiger partial charge in [0.15, 0.2) is 0 Å². The van der Waals surface area contributed by atoms with Crippen molar-refractivity contribution >= 4 is 12.0 Å². The zero-order valence-corrected chi connectivity index (χ0v) is 19.3. The number of benzene rings is 1. The van der Waals surface area contributed by atoms with Gasteiger partial charge in [-0.25, -0.2) is 0 Å². The van der Waals surface area contributed by atoms with Crippen molar-refractivity contribution in [3.8, 4) is 0 Å². The van der Waals surface area contributed by atoms with E-state index in [9.17, 15) is 4.79 Å². The lowest BCUT2D eigenvalue weighted by Gasteiger charge is -2.59. The van der Waals surface area contributed by atoms with E-state index in [2.05, 4.69) is 53.6 Å². The molecular formula is C26H40N2O2. The maximum absolute atomic E-state index is 11.7. The second kappa shape index (κ2) is 10.1. The topological polar surface area (TPSA) is 41.6 Å². The molecule has 3 aliphatic rings. The first kappa shape index (κ1) is 23.0. The Morgan fingerprint density at radius 3 is 2.40 bits per heavy atom. The van der Waals surface area contributed by atoms with E-state index < -0.39 is 0 Å². The van der Waals surface area contributed by atoms with E-state index in [1.165, 1.54) is 44.3 Å². The molecule has 4 nitrogen and oxygen atoms in total. The van der Waals surface area contributed by atoms with Gasteiger partial charge >= 0.3 is 5.97 Å². The summed E-state index contributed by atoms with van der Waals surface area (Å²) in [6.45, 7) is 11.1. The minimum atomic E-state index is -0.358. The van der Waals surface area contributed by atoms with Gasteiger partial charge in [0.25, 0.3) is 0 Å². The van der Waals surface area contributed by atoms with Crippen LogP contribution in [0.2, 0.25) is 0 Å². The number of ether oxygens (including phenoxy) is 1. The molecule has 166 valence electrons. The van der Waals surface area contributed by atoms with E-state index >= 15 is 0 Å². The Morgan fingerprint density at radius 2 is 1.83 bits per heavy atom. The van der Waals surface area contributed by atoms with Crippen LogP contribution in [0.25, 0.3) is 6.08 Å². The number of nitrogens with zero attached hydrogens (tertiary/aromatic N) is 1. The van der Waals surface area contributed by atoms with Gasteiger partial charge in [-0.3, -0.25) is 4.79 Å². The molecule has 30 heavy (non-hydrogen) atoms. The van der Waals surface area contributed by atoms with Crippen LogP contribution in [0.15, 0.2) is 36.4 Å². The lowest BCUT2D eigenvalue weighted by atomic mass is 9.60. The standard InChI is InChI=1S/C16H28N2O2.C10H12/c1-15(2,3)20-14(19)6-7-18-10-16(11-18)8-13(9-16)17-12-4-5-12;1-2-3-7-10-8-5-4-6-9-10/h12-13,17H,4-11H2,1-3H3;3-9H,2H2,1H3/b;7-3-. The zero-order valence-electron chi connectivity index (χ0n) is 19.3. The van der Waals surface area contributed by atoms with Gasteiger partial charge in [0, 0.05) is 31.7 Å². The van der Waals surface area contributed by atoms with Gasteiger partial charge in [0.2, 0.25) is 0 Å². The fourth-order valence-electron chi connectivity index (χ4n) is 4.47. The van der Waals surface area contributed by atoms with Crippen LogP contribution in [0.5, 0.6) is 0 Å². The molecule has 1 N–H and O–H groups in total. The smallest absolute Gasteiger partial charge is 0.307 e. The Kier molecular flexibility index (Phi) is 7.75. The highest BCUT2D eigenvalue weighted by molar-refractivity contribution is 5.70. The number of hydrogen-bond acceptors (Lipinski definition) is 4. The fourth-order valence-corrected chi connectivity index (χ4v) is 4.47. The fraction of sp³-hybridized carbons (Fsp3) is 0.654. The average Bonchev–Trinajstić information content (AvgIpc) is 3.44. The number of esters is 1. The lowest BCUT2D eigenvalue weighted by Crippen LogP contribution is -2.66. The number of hydrogen-bond donors (Lipinski definition) is 1. The van der Waals surface area contributed by atoms with Crippen LogP contribution in [0.1, 0.15) is 71.8 Å². The predicted molar refractivity (Wildman–Crippen MR) is 124 cm³/mol. The number of rotatable bonds is 7. The second-order valence-electron chi connectivity index (χ2n) is 10.3. The quantitative estimate of drug-likeness (QED) is 0.637. The molecule has 0 radical (unpaired) electrons. The Labute approximate surface area is 183 Å². The van der Waals surface area contributed by atoms with E-state index in [1.807, 2.05) is 26.8 Å². The highest BCUT2D eigenvalue weighted by atomic mass is 16.6. The molecule has 3 fully saturated rings. The average molecular weight is 413 g/mol. The molecule has 0 bridgehead atoms. The first-order valence-corrected chi connectivity index (χ1v) is 11.7. The van der Waals surface area contributed by atoms with Gasteiger partial charge in [-0.15, -0.1) is 0 Å². The number of allylic oxidation sites excluding steroid dienone is 1. The van der Waals surface area contributed by atoms with Crippen LogP contribution in [-0.4, -0.2) is 48.2 Å². The summed E-state index contributed by atoms with van der Waals surface area (Å²) in [5.74, 6) is -0.0691. The van der Waals surface area contributed by atoms with Crippen molar-refractivity contribution in [2.75, 3.05) is 19.6 Å². The van der Waals surface area contributed by atoms with Crippen LogP contribution >= 0.6 is 0 Å². The summed E-state index contributed by atoms with van der Waals surface area (Å²) in [5.41, 5.74) is 1.51. The highest BCUT2D eigenvalue weighted by Crippen LogP contribution is 2.49. The highest BCUT2D eigenvalue weighted by Gasteiger charge is 2.52. The van der Waals surface area contributed by atoms with Crippen LogP contribution in [0.4, 0.5) is 0 Å². The number of carbonyl (C=O) groups is 1. The van der Waals surface area contributed by atoms with Crippen molar-refractivity contribution < 1.29 is 9.53 Å². The van der Waals surface area contributed by atoms with Crippen molar-refractivity contribution in [3.63, 3.8) is 0 Å². The molecular weight excluding hydrogens is 372 g/mol. The van der Waals surface area contributed by atoms with Gasteiger partial charge in [0.05, 0.1) is 6.42 Å². The molecule has 0 unspecified atom stereocenters. The summed E-state index contributed by atoms with van der Waals surface area (Å²) >= 11 is 0. The molecule has 0 atom stereocenters. The Hall–Kier alpha value is -1.65. The maximum Gasteiger partial charge on any atom is 0.307 e. The SMILES string of the molecule is CC(C)(C)OC(=O)CCN1CC2(CC(NC3CC3)C2)C1.CC/C=C\c1ccccc1. The summed E-state index contributed by atoms with van der Waals surface area (Å²) in [6.07, 6.45) is 11.4. The van der Waals surface area contributed by atoms with E-state index in [1.54, 1.807) is 0 Å². The summed E-state index contributed by atoms with van der Waals surface area (Å²) in [7, 11) is 0. The van der Waals surface area contributed by atoms with Crippen molar-refractivity contribution in [1.29, 1.82) is 0 Å². The molecule has 1 heterocycles. The molecule has 1 spiro atoms. The Morgan fingerprint density at radius 1 is 1.17 bits per heavy atom. The van der Waals surface area contributed by atoms with E-state index in [4.69, 9.17) is 4.74 Å². The monoisotopic (exact) mass is 412 g/mol. The lowest BCUT2D eigenvalue weighted by molar-refractivity contribution is -0.156. The van der Waals surface area contributed by atoms with Crippen molar-refractivity contribution in [2.45, 2.75) is 83.9 Å². The molecule has 4 heteroatoms. The number of likely N-dealkylation sites (tertiary alicyclic amines) is 1. The summed E-state index contributed by atoms with van der Waals surface area (Å²) in [6, 6.07) is 11.9. The summed E-state index contributed by atoms with van der Waals surface area (Å²) in [5, 5.41) is 3.71. The predicted octanol–water partition coefficient (Wildman–Crippen LogP) is 5.04. The maximum atomic E-state index is 11.7. The number of carbonyl (C=O) groups excluding carboxylic acids is 1. The Balaban J connectivity index is 0.000000216. The van der Waals surface area contributed by atoms with Gasteiger partial charge in [-0.2, -0.15) is 0 Å². The second-order valence-corrected chi connectivity index (χ2v) is 10.3. The molecule has 1 aromatic carbocycles. The molecule has 1 aromatic rings. The van der Waals surface area contributed by atoms with Crippen LogP contribution in [-0.2, 0) is 9.53 Å². The minimum Gasteiger partial charge on any atom is -0.460 e. The van der Waals surface area contributed by atoms with Gasteiger partial charge in [-0.1, -0.05) is 49.4 Å². The first-order valence-electron chi connectivity index (χ1n) is 11.7. The largest absolute Gasteiger partial charge is 0.460 e. The third-order valence-electron chi connectivity index (χ3n) is 5.92. The minimum absolute atomic E-state index is 0.0691. The normalized spacial score (nSPS) is 20.9. The Bertz CT molecular complexity index is 689. The first-order chi connectivity index (χ1) is 14.3. The van der Waals surface area contributed by atoms with Gasteiger partial charge in [0.1, 0.15) is 5.60 Å². The van der Waals surface area contributed by atoms with E-state index in [0.717, 1.165) is 25.0 Å². The van der Waals surface area contributed by atoms with Gasteiger partial charge in [-0.05, 0) is 63.9 Å². The molecule has 2 saturated carbocycles. The van der Waals surface area contributed by atoms with Crippen molar-refractivity contribution in [2.24, 2.45) is 5.41 Å². The third kappa shape index (κ3) is 7.55. The molecule has 0 aromatic heterocycles. The molecule has 2 aliphatic carbocycles. The number of nitrogens with one attached hydrogen (secondary N) is 1. The molecule has 1 aliphatic heterocycles. The third-order valence-corrected chi connectivity index (χ3v) is 5.92. The molecule has 1 saturated heterocycles. The van der Waals surface area contributed by atoms with Crippen molar-refractivity contribution in [1.82, 2.24) is 10.2 Å². The summed E-state index contributed by atoms with van der Waals surface area (Å²) in [4.78, 5) is 14.1. The molecule has 4 rings (SSSR count). The van der Waals surface area contributed by atoms with Crippen LogP contribution in [0.3, 0.4) is 0 Å². The van der Waals surface area contributed by atoms with E-state index in [-0.39, 0.29) is 11.6 Å². The zero-order chi connectivity index (χ0) is 21.6. The van der Waals surface area contributed by atoms with Crippen LogP contribution < -0.4 is 5.32 Å². The van der Waals surface area contributed by atoms with Crippen molar-refractivity contribution in [3.05, 3.63) is 42.0 Å². The molecule has 0 amide bonds. The summed E-state index contributed by atoms with van der Waals surface area (Å²) < 4.78 is 5.34. The van der Waals surface area contributed by atoms with Gasteiger partial charge < -0.3 is 15.0 Å². The van der Waals surface area contributed by atoms with Crippen LogP contribution in [0, 0.1) is 5.41 Å². The van der Waals surface area contributed by atoms with E-state index in [0.29, 0.717) is 11.8 Å².